The van der Waals surface area contributed by atoms with E-state index in [2.05, 4.69) is 5.32 Å². The Hall–Kier alpha value is -2.20. The van der Waals surface area contributed by atoms with Gasteiger partial charge in [-0.2, -0.15) is 0 Å². The zero-order valence-electron chi connectivity index (χ0n) is 11.7. The first kappa shape index (κ1) is 13.8. The van der Waals surface area contributed by atoms with Crippen molar-refractivity contribution < 1.29 is 14.3 Å². The number of aliphatic hydroxyl groups is 1. The molecule has 21 heavy (non-hydrogen) atoms. The Labute approximate surface area is 122 Å². The number of benzene rings is 2. The Kier molecular flexibility index (Phi) is 3.47. The van der Waals surface area contributed by atoms with Gasteiger partial charge in [0.05, 0.1) is 0 Å². The Morgan fingerprint density at radius 1 is 1.19 bits per heavy atom. The minimum atomic E-state index is -1.01. The van der Waals surface area contributed by atoms with Crippen molar-refractivity contribution in [3.63, 3.8) is 0 Å². The molecular formula is C17H16FNO2. The molecule has 1 amide bonds. The molecule has 0 spiro atoms. The molecule has 0 saturated heterocycles. The summed E-state index contributed by atoms with van der Waals surface area (Å²) in [4.78, 5) is 11.3. The molecule has 1 heterocycles. The molecule has 0 bridgehead atoms. The van der Waals surface area contributed by atoms with Crippen molar-refractivity contribution in [3.05, 3.63) is 64.5 Å². The lowest BCUT2D eigenvalue weighted by Crippen LogP contribution is -2.19. The number of carbonyl (C=O) groups is 1. The summed E-state index contributed by atoms with van der Waals surface area (Å²) >= 11 is 0. The highest BCUT2D eigenvalue weighted by Crippen LogP contribution is 2.30. The molecule has 0 saturated carbocycles. The summed E-state index contributed by atoms with van der Waals surface area (Å²) in [6, 6.07) is 10.0. The Bertz CT molecular complexity index is 712. The SMILES string of the molecule is Cc1ccc(F)c(C(O)c2ccc3c(c2)CCC(=O)N3)c1. The topological polar surface area (TPSA) is 49.3 Å². The van der Waals surface area contributed by atoms with E-state index < -0.39 is 11.9 Å². The molecule has 1 aliphatic rings. The third-order valence-corrected chi connectivity index (χ3v) is 3.79. The maximum Gasteiger partial charge on any atom is 0.224 e. The first-order valence-corrected chi connectivity index (χ1v) is 6.91. The van der Waals surface area contributed by atoms with Crippen molar-refractivity contribution in [1.29, 1.82) is 0 Å². The van der Waals surface area contributed by atoms with Gasteiger partial charge < -0.3 is 10.4 Å². The average molecular weight is 285 g/mol. The zero-order valence-corrected chi connectivity index (χ0v) is 11.7. The minimum Gasteiger partial charge on any atom is -0.384 e. The average Bonchev–Trinajstić information content (AvgIpc) is 2.48. The van der Waals surface area contributed by atoms with Crippen LogP contribution in [0.1, 0.15) is 34.8 Å². The molecule has 1 atom stereocenters. The third-order valence-electron chi connectivity index (χ3n) is 3.79. The van der Waals surface area contributed by atoms with Crippen LogP contribution in [0.4, 0.5) is 10.1 Å². The second-order valence-corrected chi connectivity index (χ2v) is 5.39. The van der Waals surface area contributed by atoms with Gasteiger partial charge in [0, 0.05) is 17.7 Å². The normalized spacial score (nSPS) is 15.3. The van der Waals surface area contributed by atoms with E-state index in [0.717, 1.165) is 16.8 Å². The van der Waals surface area contributed by atoms with Crippen molar-refractivity contribution in [2.45, 2.75) is 25.9 Å². The molecule has 1 unspecified atom stereocenters. The Morgan fingerprint density at radius 3 is 2.81 bits per heavy atom. The number of rotatable bonds is 2. The third kappa shape index (κ3) is 2.67. The minimum absolute atomic E-state index is 0.000488. The number of fused-ring (bicyclic) bond motifs is 1. The van der Waals surface area contributed by atoms with Gasteiger partial charge in [-0.05, 0) is 36.6 Å². The molecule has 0 radical (unpaired) electrons. The molecule has 2 aromatic carbocycles. The number of halogens is 1. The van der Waals surface area contributed by atoms with Crippen molar-refractivity contribution in [2.24, 2.45) is 0 Å². The summed E-state index contributed by atoms with van der Waals surface area (Å²) in [7, 11) is 0. The number of nitrogens with one attached hydrogen (secondary N) is 1. The van der Waals surface area contributed by atoms with Crippen molar-refractivity contribution >= 4 is 11.6 Å². The van der Waals surface area contributed by atoms with E-state index >= 15 is 0 Å². The summed E-state index contributed by atoms with van der Waals surface area (Å²) in [5, 5.41) is 13.2. The number of amides is 1. The van der Waals surface area contributed by atoms with Gasteiger partial charge in [0.25, 0.3) is 0 Å². The van der Waals surface area contributed by atoms with E-state index in [-0.39, 0.29) is 11.5 Å². The van der Waals surface area contributed by atoms with Crippen LogP contribution in [-0.4, -0.2) is 11.0 Å². The van der Waals surface area contributed by atoms with Crippen LogP contribution in [-0.2, 0) is 11.2 Å². The largest absolute Gasteiger partial charge is 0.384 e. The lowest BCUT2D eigenvalue weighted by molar-refractivity contribution is -0.116. The van der Waals surface area contributed by atoms with Crippen LogP contribution in [0.25, 0.3) is 0 Å². The van der Waals surface area contributed by atoms with Gasteiger partial charge in [-0.25, -0.2) is 4.39 Å². The first-order chi connectivity index (χ1) is 10.0. The van der Waals surface area contributed by atoms with Crippen LogP contribution in [0.2, 0.25) is 0 Å². The molecule has 2 N–H and O–H groups in total. The predicted molar refractivity (Wildman–Crippen MR) is 78.6 cm³/mol. The van der Waals surface area contributed by atoms with E-state index in [1.54, 1.807) is 24.3 Å². The van der Waals surface area contributed by atoms with Crippen LogP contribution in [0, 0.1) is 12.7 Å². The van der Waals surface area contributed by atoms with E-state index in [9.17, 15) is 14.3 Å². The fourth-order valence-electron chi connectivity index (χ4n) is 2.63. The predicted octanol–water partition coefficient (Wildman–Crippen LogP) is 3.10. The summed E-state index contributed by atoms with van der Waals surface area (Å²) < 4.78 is 13.9. The van der Waals surface area contributed by atoms with E-state index in [1.165, 1.54) is 6.07 Å². The maximum absolute atomic E-state index is 13.9. The molecule has 0 fully saturated rings. The second-order valence-electron chi connectivity index (χ2n) is 5.39. The van der Waals surface area contributed by atoms with Gasteiger partial charge >= 0.3 is 0 Å². The van der Waals surface area contributed by atoms with Crippen LogP contribution in [0.5, 0.6) is 0 Å². The monoisotopic (exact) mass is 285 g/mol. The molecular weight excluding hydrogens is 269 g/mol. The Morgan fingerprint density at radius 2 is 2.00 bits per heavy atom. The lowest BCUT2D eigenvalue weighted by atomic mass is 9.94. The second kappa shape index (κ2) is 5.30. The molecule has 2 aromatic rings. The molecule has 3 rings (SSSR count). The van der Waals surface area contributed by atoms with E-state index in [1.807, 2.05) is 13.0 Å². The van der Waals surface area contributed by atoms with Gasteiger partial charge in [-0.3, -0.25) is 4.79 Å². The number of hydrogen-bond acceptors (Lipinski definition) is 2. The fraction of sp³-hybridized carbons (Fsp3) is 0.235. The number of hydrogen-bond donors (Lipinski definition) is 2. The smallest absolute Gasteiger partial charge is 0.224 e. The van der Waals surface area contributed by atoms with E-state index in [4.69, 9.17) is 0 Å². The quantitative estimate of drug-likeness (QED) is 0.890. The number of carbonyl (C=O) groups excluding carboxylic acids is 1. The molecule has 108 valence electrons. The van der Waals surface area contributed by atoms with Crippen LogP contribution >= 0.6 is 0 Å². The van der Waals surface area contributed by atoms with Gasteiger partial charge in [-0.15, -0.1) is 0 Å². The highest BCUT2D eigenvalue weighted by atomic mass is 19.1. The number of aliphatic hydroxyl groups excluding tert-OH is 1. The molecule has 1 aliphatic heterocycles. The molecule has 4 heteroatoms. The van der Waals surface area contributed by atoms with Gasteiger partial charge in [0.15, 0.2) is 0 Å². The van der Waals surface area contributed by atoms with Crippen molar-refractivity contribution in [1.82, 2.24) is 0 Å². The Balaban J connectivity index is 1.97. The summed E-state index contributed by atoms with van der Waals surface area (Å²) in [6.07, 6.45) is 0.0662. The number of anilines is 1. The first-order valence-electron chi connectivity index (χ1n) is 6.91. The van der Waals surface area contributed by atoms with Crippen LogP contribution in [0.15, 0.2) is 36.4 Å². The molecule has 3 nitrogen and oxygen atoms in total. The lowest BCUT2D eigenvalue weighted by Gasteiger charge is -2.20. The summed E-state index contributed by atoms with van der Waals surface area (Å²) in [5.74, 6) is -0.417. The summed E-state index contributed by atoms with van der Waals surface area (Å²) in [6.45, 7) is 1.86. The van der Waals surface area contributed by atoms with Crippen molar-refractivity contribution in [2.75, 3.05) is 5.32 Å². The summed E-state index contributed by atoms with van der Waals surface area (Å²) in [5.41, 5.74) is 3.55. The maximum atomic E-state index is 13.9. The molecule has 0 aliphatic carbocycles. The fourth-order valence-corrected chi connectivity index (χ4v) is 2.63. The molecule has 0 aromatic heterocycles. The van der Waals surface area contributed by atoms with Gasteiger partial charge in [0.1, 0.15) is 11.9 Å². The van der Waals surface area contributed by atoms with Gasteiger partial charge in [-0.1, -0.05) is 29.8 Å². The van der Waals surface area contributed by atoms with Gasteiger partial charge in [0.2, 0.25) is 5.91 Å². The van der Waals surface area contributed by atoms with E-state index in [0.29, 0.717) is 18.4 Å². The zero-order chi connectivity index (χ0) is 15.0. The highest BCUT2D eigenvalue weighted by Gasteiger charge is 2.19. The number of aryl methyl sites for hydroxylation is 2. The van der Waals surface area contributed by atoms with Crippen molar-refractivity contribution in [3.8, 4) is 0 Å². The highest BCUT2D eigenvalue weighted by molar-refractivity contribution is 5.93. The van der Waals surface area contributed by atoms with Crippen LogP contribution < -0.4 is 5.32 Å². The van der Waals surface area contributed by atoms with Crippen LogP contribution in [0.3, 0.4) is 0 Å². The standard InChI is InChI=1S/C17H16FNO2/c1-10-2-5-14(18)13(8-10)17(21)12-3-6-15-11(9-12)4-7-16(20)19-15/h2-3,5-6,8-9,17,21H,4,7H2,1H3,(H,19,20).